The normalized spacial score (nSPS) is 16.3. The average molecular weight is 334 g/mol. The van der Waals surface area contributed by atoms with Gasteiger partial charge in [0.1, 0.15) is 6.54 Å². The first kappa shape index (κ1) is 17.2. The minimum Gasteiger partial charge on any atom is -0.396 e. The number of benzene rings is 1. The highest BCUT2D eigenvalue weighted by Crippen LogP contribution is 2.32. The molecule has 0 unspecified atom stereocenters. The van der Waals surface area contributed by atoms with Gasteiger partial charge in [-0.1, -0.05) is 29.8 Å². The third-order valence-corrected chi connectivity index (χ3v) is 4.08. The Bertz CT molecular complexity index is 657. The van der Waals surface area contributed by atoms with Crippen LogP contribution in [-0.2, 0) is 9.59 Å². The van der Waals surface area contributed by atoms with Crippen molar-refractivity contribution >= 4 is 34.9 Å². The van der Waals surface area contributed by atoms with Gasteiger partial charge in [-0.2, -0.15) is 0 Å². The highest BCUT2D eigenvalue weighted by molar-refractivity contribution is 8.18. The van der Waals surface area contributed by atoms with Gasteiger partial charge in [-0.25, -0.2) is 0 Å². The predicted octanol–water partition coefficient (Wildman–Crippen LogP) is 1.53. The molecule has 1 aromatic carbocycles. The van der Waals surface area contributed by atoms with E-state index in [2.05, 4.69) is 5.32 Å². The molecule has 2 rings (SSSR count). The zero-order valence-corrected chi connectivity index (χ0v) is 13.6. The van der Waals surface area contributed by atoms with Crippen molar-refractivity contribution in [1.29, 1.82) is 0 Å². The van der Waals surface area contributed by atoms with E-state index in [0.29, 0.717) is 17.9 Å². The van der Waals surface area contributed by atoms with Crippen LogP contribution in [0.15, 0.2) is 29.2 Å². The van der Waals surface area contributed by atoms with Gasteiger partial charge < -0.3 is 10.4 Å². The number of aliphatic hydroxyl groups is 1. The number of rotatable bonds is 6. The monoisotopic (exact) mass is 334 g/mol. The predicted molar refractivity (Wildman–Crippen MR) is 88.6 cm³/mol. The summed E-state index contributed by atoms with van der Waals surface area (Å²) in [5, 5.41) is 10.8. The summed E-state index contributed by atoms with van der Waals surface area (Å²) in [6.07, 6.45) is 2.09. The molecule has 7 heteroatoms. The van der Waals surface area contributed by atoms with Crippen LogP contribution < -0.4 is 5.32 Å². The summed E-state index contributed by atoms with van der Waals surface area (Å²) >= 11 is 0.831. The van der Waals surface area contributed by atoms with Crippen LogP contribution in [0.4, 0.5) is 4.79 Å². The molecule has 0 atom stereocenters. The second-order valence-corrected chi connectivity index (χ2v) is 6.10. The number of thioether (sulfide) groups is 1. The molecule has 0 bridgehead atoms. The minimum absolute atomic E-state index is 0.0267. The summed E-state index contributed by atoms with van der Waals surface area (Å²) in [6, 6.07) is 7.58. The van der Waals surface area contributed by atoms with Crippen LogP contribution in [0.5, 0.6) is 0 Å². The van der Waals surface area contributed by atoms with Crippen LogP contribution in [-0.4, -0.2) is 46.8 Å². The molecule has 0 aromatic heterocycles. The van der Waals surface area contributed by atoms with Crippen molar-refractivity contribution in [1.82, 2.24) is 10.2 Å². The third-order valence-electron chi connectivity index (χ3n) is 3.17. The molecule has 0 spiro atoms. The first-order valence-electron chi connectivity index (χ1n) is 7.21. The summed E-state index contributed by atoms with van der Waals surface area (Å²) < 4.78 is 0. The lowest BCUT2D eigenvalue weighted by molar-refractivity contribution is -0.129. The van der Waals surface area contributed by atoms with Crippen LogP contribution in [0.3, 0.4) is 0 Å². The number of imide groups is 1. The maximum absolute atomic E-state index is 12.3. The summed E-state index contributed by atoms with van der Waals surface area (Å²) in [5.41, 5.74) is 1.89. The summed E-state index contributed by atoms with van der Waals surface area (Å²) in [4.78, 5) is 37.1. The van der Waals surface area contributed by atoms with Gasteiger partial charge in [0.15, 0.2) is 0 Å². The van der Waals surface area contributed by atoms with Gasteiger partial charge in [0.05, 0.1) is 4.91 Å². The van der Waals surface area contributed by atoms with Crippen LogP contribution in [0, 0.1) is 6.92 Å². The Morgan fingerprint density at radius 3 is 2.87 bits per heavy atom. The van der Waals surface area contributed by atoms with Crippen LogP contribution >= 0.6 is 11.8 Å². The second kappa shape index (κ2) is 7.94. The van der Waals surface area contributed by atoms with Crippen molar-refractivity contribution < 1.29 is 19.5 Å². The van der Waals surface area contributed by atoms with Crippen LogP contribution in [0.25, 0.3) is 6.08 Å². The summed E-state index contributed by atoms with van der Waals surface area (Å²) in [5.74, 6) is -0.878. The quantitative estimate of drug-likeness (QED) is 0.608. The first-order valence-corrected chi connectivity index (χ1v) is 8.02. The molecule has 6 nitrogen and oxygen atoms in total. The number of aliphatic hydroxyl groups excluding tert-OH is 1. The standard InChI is InChI=1S/C16H18N2O4S/c1-11-4-2-5-12(8-11)9-13-15(21)18(16(22)23-13)10-14(20)17-6-3-7-19/h2,4-5,8-9,19H,3,6-7,10H2,1H3,(H,17,20)/b13-9-. The van der Waals surface area contributed by atoms with Gasteiger partial charge in [0.2, 0.25) is 5.91 Å². The van der Waals surface area contributed by atoms with Crippen molar-refractivity contribution in [3.8, 4) is 0 Å². The van der Waals surface area contributed by atoms with E-state index in [9.17, 15) is 14.4 Å². The molecule has 3 amide bonds. The maximum Gasteiger partial charge on any atom is 0.294 e. The lowest BCUT2D eigenvalue weighted by Crippen LogP contribution is -2.39. The molecule has 1 aliphatic rings. The molecular formula is C16H18N2O4S. The van der Waals surface area contributed by atoms with E-state index in [0.717, 1.165) is 27.8 Å². The number of aryl methyl sites for hydroxylation is 1. The van der Waals surface area contributed by atoms with E-state index in [4.69, 9.17) is 5.11 Å². The second-order valence-electron chi connectivity index (χ2n) is 5.11. The fourth-order valence-electron chi connectivity index (χ4n) is 2.05. The molecule has 23 heavy (non-hydrogen) atoms. The Balaban J connectivity index is 2.03. The molecule has 0 aliphatic carbocycles. The van der Waals surface area contributed by atoms with E-state index >= 15 is 0 Å². The number of hydrogen-bond acceptors (Lipinski definition) is 5. The molecule has 122 valence electrons. The van der Waals surface area contributed by atoms with Crippen molar-refractivity contribution in [3.05, 3.63) is 40.3 Å². The minimum atomic E-state index is -0.459. The van der Waals surface area contributed by atoms with Crippen molar-refractivity contribution in [2.45, 2.75) is 13.3 Å². The van der Waals surface area contributed by atoms with Gasteiger partial charge in [-0.15, -0.1) is 0 Å². The number of hydrogen-bond donors (Lipinski definition) is 2. The lowest BCUT2D eigenvalue weighted by Gasteiger charge is -2.12. The van der Waals surface area contributed by atoms with E-state index < -0.39 is 17.1 Å². The molecule has 1 saturated heterocycles. The smallest absolute Gasteiger partial charge is 0.294 e. The number of carbonyl (C=O) groups is 3. The van der Waals surface area contributed by atoms with Gasteiger partial charge in [-0.05, 0) is 36.7 Å². The van der Waals surface area contributed by atoms with Gasteiger partial charge >= 0.3 is 0 Å². The average Bonchev–Trinajstić information content (AvgIpc) is 2.75. The number of amides is 3. The summed E-state index contributed by atoms with van der Waals surface area (Å²) in [6.45, 7) is 1.92. The molecule has 2 N–H and O–H groups in total. The SMILES string of the molecule is Cc1cccc(/C=C2\SC(=O)N(CC(=O)NCCCO)C2=O)c1. The first-order chi connectivity index (χ1) is 11.0. The molecule has 1 heterocycles. The zero-order valence-electron chi connectivity index (χ0n) is 12.7. The number of carbonyl (C=O) groups excluding carboxylic acids is 3. The number of nitrogens with zero attached hydrogens (tertiary/aromatic N) is 1. The highest BCUT2D eigenvalue weighted by atomic mass is 32.2. The van der Waals surface area contributed by atoms with Crippen LogP contribution in [0.2, 0.25) is 0 Å². The molecular weight excluding hydrogens is 316 g/mol. The Hall–Kier alpha value is -2.12. The summed E-state index contributed by atoms with van der Waals surface area (Å²) in [7, 11) is 0. The Morgan fingerprint density at radius 1 is 1.39 bits per heavy atom. The Kier molecular flexibility index (Phi) is 5.95. The zero-order chi connectivity index (χ0) is 16.8. The maximum atomic E-state index is 12.3. The fourth-order valence-corrected chi connectivity index (χ4v) is 2.89. The topological polar surface area (TPSA) is 86.7 Å². The molecule has 0 saturated carbocycles. The molecule has 0 radical (unpaired) electrons. The van der Waals surface area contributed by atoms with Gasteiger partial charge in [0.25, 0.3) is 11.1 Å². The third kappa shape index (κ3) is 4.67. The van der Waals surface area contributed by atoms with E-state index in [1.807, 2.05) is 31.2 Å². The van der Waals surface area contributed by atoms with Crippen molar-refractivity contribution in [2.75, 3.05) is 19.7 Å². The molecule has 1 aromatic rings. The molecule has 1 fully saturated rings. The number of nitrogens with one attached hydrogen (secondary N) is 1. The van der Waals surface area contributed by atoms with Gasteiger partial charge in [0, 0.05) is 13.2 Å². The van der Waals surface area contributed by atoms with Crippen molar-refractivity contribution in [2.24, 2.45) is 0 Å². The Labute approximate surface area is 138 Å². The molecule has 1 aliphatic heterocycles. The van der Waals surface area contributed by atoms with Crippen LogP contribution in [0.1, 0.15) is 17.5 Å². The van der Waals surface area contributed by atoms with E-state index in [1.165, 1.54) is 0 Å². The van der Waals surface area contributed by atoms with Crippen molar-refractivity contribution in [3.63, 3.8) is 0 Å². The van der Waals surface area contributed by atoms with Gasteiger partial charge in [-0.3, -0.25) is 19.3 Å². The fraction of sp³-hybridized carbons (Fsp3) is 0.312. The lowest BCUT2D eigenvalue weighted by atomic mass is 10.1. The largest absolute Gasteiger partial charge is 0.396 e. The van der Waals surface area contributed by atoms with E-state index in [-0.39, 0.29) is 13.2 Å². The highest BCUT2D eigenvalue weighted by Gasteiger charge is 2.36. The Morgan fingerprint density at radius 2 is 2.17 bits per heavy atom. The van der Waals surface area contributed by atoms with E-state index in [1.54, 1.807) is 6.08 Å².